The summed E-state index contributed by atoms with van der Waals surface area (Å²) in [6.45, 7) is 1.81. The van der Waals surface area contributed by atoms with Crippen molar-refractivity contribution in [1.82, 2.24) is 4.90 Å². The lowest BCUT2D eigenvalue weighted by Crippen LogP contribution is -2.46. The third-order valence-electron chi connectivity index (χ3n) is 5.01. The molecule has 1 aliphatic carbocycles. The topological polar surface area (TPSA) is 40.5 Å². The fraction of sp³-hybridized carbons (Fsp3) is 0.588. The Morgan fingerprint density at radius 3 is 2.76 bits per heavy atom. The lowest BCUT2D eigenvalue weighted by atomic mass is 9.78. The van der Waals surface area contributed by atoms with Crippen LogP contribution < -0.4 is 0 Å². The van der Waals surface area contributed by atoms with Crippen LogP contribution >= 0.6 is 0 Å². The molecule has 1 aliphatic heterocycles. The van der Waals surface area contributed by atoms with E-state index in [0.29, 0.717) is 6.04 Å². The second-order valence-electron chi connectivity index (χ2n) is 6.34. The Labute approximate surface area is 124 Å². The van der Waals surface area contributed by atoms with E-state index < -0.39 is 11.8 Å². The number of piperidine rings is 1. The van der Waals surface area contributed by atoms with Gasteiger partial charge in [0.15, 0.2) is 0 Å². The molecule has 2 aliphatic rings. The normalized spacial score (nSPS) is 26.3. The summed E-state index contributed by atoms with van der Waals surface area (Å²) >= 11 is 0. The van der Waals surface area contributed by atoms with Crippen LogP contribution in [0.2, 0.25) is 0 Å². The van der Waals surface area contributed by atoms with Gasteiger partial charge in [-0.2, -0.15) is 0 Å². The smallest absolute Gasteiger partial charge is 0.338 e. The molecule has 1 heterocycles. The number of carbonyl (C=O) groups is 1. The van der Waals surface area contributed by atoms with E-state index in [-0.39, 0.29) is 5.56 Å². The van der Waals surface area contributed by atoms with Gasteiger partial charge in [0.1, 0.15) is 5.82 Å². The van der Waals surface area contributed by atoms with Gasteiger partial charge in [-0.05, 0) is 55.8 Å². The summed E-state index contributed by atoms with van der Waals surface area (Å²) in [6.07, 6.45) is 7.76. The van der Waals surface area contributed by atoms with Crippen molar-refractivity contribution in [2.24, 2.45) is 5.92 Å². The maximum Gasteiger partial charge on any atom is 0.338 e. The Balaban J connectivity index is 1.73. The van der Waals surface area contributed by atoms with Gasteiger partial charge in [0, 0.05) is 12.6 Å². The Hall–Kier alpha value is -1.42. The molecule has 0 bridgehead atoms. The molecule has 2 fully saturated rings. The van der Waals surface area contributed by atoms with E-state index in [2.05, 4.69) is 4.90 Å². The van der Waals surface area contributed by atoms with Gasteiger partial charge >= 0.3 is 5.97 Å². The summed E-state index contributed by atoms with van der Waals surface area (Å²) in [5, 5.41) is 8.88. The molecule has 1 aromatic carbocycles. The molecule has 3 rings (SSSR count). The van der Waals surface area contributed by atoms with E-state index in [1.807, 2.05) is 0 Å². The minimum absolute atomic E-state index is 0.243. The third-order valence-corrected chi connectivity index (χ3v) is 5.01. The number of hydrogen-bond donors (Lipinski definition) is 1. The zero-order chi connectivity index (χ0) is 14.8. The summed E-state index contributed by atoms with van der Waals surface area (Å²) in [4.78, 5) is 13.3. The zero-order valence-electron chi connectivity index (χ0n) is 12.2. The standard InChI is InChI=1S/C17H22FNO2/c18-15-10-12(7-8-14(15)17(20)21)11-19-9-3-5-13-4-1-2-6-16(13)19/h7-8,10,13,16H,1-6,9,11H2,(H,20,21). The van der Waals surface area contributed by atoms with E-state index in [0.717, 1.165) is 24.6 Å². The average Bonchev–Trinajstić information content (AvgIpc) is 2.47. The molecule has 1 saturated carbocycles. The van der Waals surface area contributed by atoms with Crippen LogP contribution in [-0.2, 0) is 6.54 Å². The zero-order valence-corrected chi connectivity index (χ0v) is 12.2. The van der Waals surface area contributed by atoms with Crippen molar-refractivity contribution in [2.45, 2.75) is 51.1 Å². The Kier molecular flexibility index (Phi) is 4.24. The number of nitrogens with zero attached hydrogens (tertiary/aromatic N) is 1. The van der Waals surface area contributed by atoms with Gasteiger partial charge in [0.05, 0.1) is 5.56 Å². The van der Waals surface area contributed by atoms with Gasteiger partial charge in [-0.15, -0.1) is 0 Å². The highest BCUT2D eigenvalue weighted by atomic mass is 19.1. The second kappa shape index (κ2) is 6.14. The number of halogens is 1. The van der Waals surface area contributed by atoms with Crippen LogP contribution in [0, 0.1) is 11.7 Å². The van der Waals surface area contributed by atoms with Crippen LogP contribution in [0.5, 0.6) is 0 Å². The van der Waals surface area contributed by atoms with Gasteiger partial charge in [-0.25, -0.2) is 9.18 Å². The Morgan fingerprint density at radius 2 is 2.00 bits per heavy atom. The molecule has 0 spiro atoms. The van der Waals surface area contributed by atoms with Gasteiger partial charge < -0.3 is 5.11 Å². The first kappa shape index (κ1) is 14.5. The molecule has 0 radical (unpaired) electrons. The van der Waals surface area contributed by atoms with Crippen molar-refractivity contribution < 1.29 is 14.3 Å². The largest absolute Gasteiger partial charge is 0.478 e. The predicted octanol–water partition coefficient (Wildman–Crippen LogP) is 3.68. The molecular formula is C17H22FNO2. The van der Waals surface area contributed by atoms with E-state index in [1.165, 1.54) is 50.7 Å². The second-order valence-corrected chi connectivity index (χ2v) is 6.34. The van der Waals surface area contributed by atoms with E-state index >= 15 is 0 Å². The fourth-order valence-electron chi connectivity index (χ4n) is 3.99. The molecule has 1 aromatic rings. The molecule has 1 saturated heterocycles. The SMILES string of the molecule is O=C(O)c1ccc(CN2CCCC3CCCCC32)cc1F. The van der Waals surface area contributed by atoms with Gasteiger partial charge in [-0.1, -0.05) is 18.9 Å². The highest BCUT2D eigenvalue weighted by Crippen LogP contribution is 2.35. The maximum absolute atomic E-state index is 13.8. The average molecular weight is 291 g/mol. The number of carboxylic acids is 1. The summed E-state index contributed by atoms with van der Waals surface area (Å²) in [6, 6.07) is 5.15. The van der Waals surface area contributed by atoms with Crippen molar-refractivity contribution in [3.63, 3.8) is 0 Å². The molecular weight excluding hydrogens is 269 g/mol. The molecule has 2 atom stereocenters. The van der Waals surface area contributed by atoms with Crippen molar-refractivity contribution >= 4 is 5.97 Å². The number of carboxylic acid groups (broad SMARTS) is 1. The highest BCUT2D eigenvalue weighted by molar-refractivity contribution is 5.87. The van der Waals surface area contributed by atoms with E-state index in [4.69, 9.17) is 5.11 Å². The lowest BCUT2D eigenvalue weighted by Gasteiger charge is -2.44. The maximum atomic E-state index is 13.8. The molecule has 0 aromatic heterocycles. The number of aromatic carboxylic acids is 1. The summed E-state index contributed by atoms with van der Waals surface area (Å²) in [5.74, 6) is -1.03. The quantitative estimate of drug-likeness (QED) is 0.923. The minimum atomic E-state index is -1.20. The molecule has 114 valence electrons. The van der Waals surface area contributed by atoms with Gasteiger partial charge in [0.25, 0.3) is 0 Å². The molecule has 21 heavy (non-hydrogen) atoms. The number of likely N-dealkylation sites (tertiary alicyclic amines) is 1. The molecule has 1 N–H and O–H groups in total. The first-order valence-corrected chi connectivity index (χ1v) is 7.91. The predicted molar refractivity (Wildman–Crippen MR) is 78.7 cm³/mol. The van der Waals surface area contributed by atoms with Crippen LogP contribution in [0.15, 0.2) is 18.2 Å². The van der Waals surface area contributed by atoms with Crippen LogP contribution in [0.4, 0.5) is 4.39 Å². The molecule has 0 amide bonds. The van der Waals surface area contributed by atoms with Crippen LogP contribution in [-0.4, -0.2) is 28.6 Å². The number of fused-ring (bicyclic) bond motifs is 1. The summed E-state index contributed by atoms with van der Waals surface area (Å²) in [7, 11) is 0. The first-order valence-electron chi connectivity index (χ1n) is 7.91. The van der Waals surface area contributed by atoms with Crippen molar-refractivity contribution in [2.75, 3.05) is 6.54 Å². The van der Waals surface area contributed by atoms with Crippen molar-refractivity contribution in [3.8, 4) is 0 Å². The van der Waals surface area contributed by atoms with Gasteiger partial charge in [0.2, 0.25) is 0 Å². The highest BCUT2D eigenvalue weighted by Gasteiger charge is 2.33. The molecule has 2 unspecified atom stereocenters. The van der Waals surface area contributed by atoms with Crippen molar-refractivity contribution in [3.05, 3.63) is 35.1 Å². The lowest BCUT2D eigenvalue weighted by molar-refractivity contribution is 0.0546. The summed E-state index contributed by atoms with van der Waals surface area (Å²) < 4.78 is 13.8. The monoisotopic (exact) mass is 291 g/mol. The summed E-state index contributed by atoms with van der Waals surface area (Å²) in [5.41, 5.74) is 0.636. The molecule has 3 nitrogen and oxygen atoms in total. The van der Waals surface area contributed by atoms with Crippen molar-refractivity contribution in [1.29, 1.82) is 0 Å². The van der Waals surface area contributed by atoms with Crippen LogP contribution in [0.25, 0.3) is 0 Å². The Bertz CT molecular complexity index is 530. The minimum Gasteiger partial charge on any atom is -0.478 e. The fourth-order valence-corrected chi connectivity index (χ4v) is 3.99. The van der Waals surface area contributed by atoms with Gasteiger partial charge in [-0.3, -0.25) is 4.90 Å². The number of benzene rings is 1. The Morgan fingerprint density at radius 1 is 1.24 bits per heavy atom. The number of hydrogen-bond acceptors (Lipinski definition) is 2. The third kappa shape index (κ3) is 3.10. The van der Waals surface area contributed by atoms with E-state index in [1.54, 1.807) is 6.07 Å². The number of rotatable bonds is 3. The molecule has 4 heteroatoms. The van der Waals surface area contributed by atoms with Crippen LogP contribution in [0.3, 0.4) is 0 Å². The van der Waals surface area contributed by atoms with E-state index in [9.17, 15) is 9.18 Å². The van der Waals surface area contributed by atoms with Crippen LogP contribution in [0.1, 0.15) is 54.4 Å². The first-order chi connectivity index (χ1) is 10.1.